The topological polar surface area (TPSA) is 12.0 Å². The summed E-state index contributed by atoms with van der Waals surface area (Å²) in [7, 11) is 0. The van der Waals surface area contributed by atoms with E-state index in [1.165, 1.54) is 6.07 Å². The number of halogens is 1. The summed E-state index contributed by atoms with van der Waals surface area (Å²) in [4.78, 5) is 0. The Bertz CT molecular complexity index is 656. The van der Waals surface area contributed by atoms with Gasteiger partial charge in [0.25, 0.3) is 0 Å². The average molecular weight is 277 g/mol. The molecule has 104 valence electrons. The minimum atomic E-state index is -0.241. The molecule has 0 fully saturated rings. The molecule has 0 aromatic heterocycles. The Balaban J connectivity index is 1.99. The molecule has 0 radical (unpaired) electrons. The maximum atomic E-state index is 13.9. The molecule has 0 saturated heterocycles. The molecule has 0 heterocycles. The van der Waals surface area contributed by atoms with Crippen molar-refractivity contribution >= 4 is 5.69 Å². The lowest BCUT2D eigenvalue weighted by Crippen LogP contribution is -2.13. The van der Waals surface area contributed by atoms with Gasteiger partial charge in [0.1, 0.15) is 5.82 Å². The third kappa shape index (κ3) is 3.11. The number of benzene rings is 3. The van der Waals surface area contributed by atoms with Gasteiger partial charge in [0.05, 0.1) is 11.7 Å². The minimum absolute atomic E-state index is 0.0794. The van der Waals surface area contributed by atoms with E-state index in [-0.39, 0.29) is 11.9 Å². The molecule has 0 amide bonds. The number of rotatable bonds is 4. The quantitative estimate of drug-likeness (QED) is 0.705. The van der Waals surface area contributed by atoms with E-state index in [0.29, 0.717) is 5.69 Å². The largest absolute Gasteiger partial charge is 0.372 e. The third-order valence-electron chi connectivity index (χ3n) is 3.44. The maximum absolute atomic E-state index is 13.9. The molecule has 1 N–H and O–H groups in total. The molecule has 0 saturated carbocycles. The summed E-state index contributed by atoms with van der Waals surface area (Å²) in [5, 5.41) is 3.30. The monoisotopic (exact) mass is 277 g/mol. The Morgan fingerprint density at radius 1 is 0.619 bits per heavy atom. The van der Waals surface area contributed by atoms with Gasteiger partial charge in [-0.3, -0.25) is 0 Å². The van der Waals surface area contributed by atoms with Crippen molar-refractivity contribution < 1.29 is 4.39 Å². The van der Waals surface area contributed by atoms with Crippen LogP contribution in [0.5, 0.6) is 0 Å². The fourth-order valence-corrected chi connectivity index (χ4v) is 2.38. The first-order valence-electron chi connectivity index (χ1n) is 6.95. The number of para-hydroxylation sites is 1. The summed E-state index contributed by atoms with van der Waals surface area (Å²) in [6.45, 7) is 0. The highest BCUT2D eigenvalue weighted by Crippen LogP contribution is 2.27. The Morgan fingerprint density at radius 3 is 1.62 bits per heavy atom. The number of anilines is 1. The summed E-state index contributed by atoms with van der Waals surface area (Å²) >= 11 is 0. The highest BCUT2D eigenvalue weighted by Gasteiger charge is 2.14. The number of hydrogen-bond acceptors (Lipinski definition) is 1. The van der Waals surface area contributed by atoms with Crippen LogP contribution in [0.15, 0.2) is 84.9 Å². The van der Waals surface area contributed by atoms with Crippen LogP contribution in [0.4, 0.5) is 10.1 Å². The minimum Gasteiger partial charge on any atom is -0.372 e. The Hall–Kier alpha value is -2.61. The van der Waals surface area contributed by atoms with Crippen molar-refractivity contribution in [2.24, 2.45) is 0 Å². The summed E-state index contributed by atoms with van der Waals surface area (Å²) in [6.07, 6.45) is 0. The molecule has 0 bridgehead atoms. The molecule has 0 aliphatic carbocycles. The molecular weight excluding hydrogens is 261 g/mol. The Labute approximate surface area is 124 Å². The highest BCUT2D eigenvalue weighted by molar-refractivity contribution is 5.50. The van der Waals surface area contributed by atoms with E-state index in [1.807, 2.05) is 66.7 Å². The van der Waals surface area contributed by atoms with E-state index < -0.39 is 0 Å². The molecule has 3 rings (SSSR count). The average Bonchev–Trinajstić information content (AvgIpc) is 2.56. The van der Waals surface area contributed by atoms with Crippen LogP contribution in [-0.4, -0.2) is 0 Å². The van der Waals surface area contributed by atoms with Crippen LogP contribution in [0.3, 0.4) is 0 Å². The van der Waals surface area contributed by atoms with Crippen LogP contribution in [0, 0.1) is 5.82 Å². The molecule has 0 spiro atoms. The lowest BCUT2D eigenvalue weighted by molar-refractivity contribution is 0.628. The van der Waals surface area contributed by atoms with Crippen molar-refractivity contribution in [2.45, 2.75) is 6.04 Å². The van der Waals surface area contributed by atoms with Gasteiger partial charge in [0.2, 0.25) is 0 Å². The standard InChI is InChI=1S/C19H16FN/c20-17-13-7-8-14-18(17)21-19(15-9-3-1-4-10-15)16-11-5-2-6-12-16/h1-14,19,21H. The van der Waals surface area contributed by atoms with E-state index in [1.54, 1.807) is 12.1 Å². The maximum Gasteiger partial charge on any atom is 0.146 e. The van der Waals surface area contributed by atoms with Crippen molar-refractivity contribution in [3.8, 4) is 0 Å². The summed E-state index contributed by atoms with van der Waals surface area (Å²) < 4.78 is 13.9. The second-order valence-corrected chi connectivity index (χ2v) is 4.88. The summed E-state index contributed by atoms with van der Waals surface area (Å²) in [5.41, 5.74) is 2.72. The second kappa shape index (κ2) is 6.23. The molecular formula is C19H16FN. The van der Waals surface area contributed by atoms with E-state index in [9.17, 15) is 4.39 Å². The van der Waals surface area contributed by atoms with Crippen molar-refractivity contribution in [3.05, 3.63) is 102 Å². The molecule has 21 heavy (non-hydrogen) atoms. The fraction of sp³-hybridized carbons (Fsp3) is 0.0526. The normalized spacial score (nSPS) is 10.6. The first kappa shape index (κ1) is 13.4. The van der Waals surface area contributed by atoms with Crippen molar-refractivity contribution in [1.82, 2.24) is 0 Å². The molecule has 0 unspecified atom stereocenters. The molecule has 3 aromatic rings. The van der Waals surface area contributed by atoms with Gasteiger partial charge in [-0.25, -0.2) is 4.39 Å². The first-order chi connectivity index (χ1) is 10.3. The Kier molecular flexibility index (Phi) is 3.97. The van der Waals surface area contributed by atoms with Crippen LogP contribution < -0.4 is 5.32 Å². The zero-order valence-corrected chi connectivity index (χ0v) is 11.5. The number of nitrogens with one attached hydrogen (secondary N) is 1. The molecule has 0 aliphatic rings. The van der Waals surface area contributed by atoms with Gasteiger partial charge in [-0.1, -0.05) is 72.8 Å². The predicted octanol–water partition coefficient (Wildman–Crippen LogP) is 5.03. The number of hydrogen-bond donors (Lipinski definition) is 1. The van der Waals surface area contributed by atoms with E-state index in [2.05, 4.69) is 5.32 Å². The zero-order chi connectivity index (χ0) is 14.5. The van der Waals surface area contributed by atoms with Gasteiger partial charge in [-0.15, -0.1) is 0 Å². The van der Waals surface area contributed by atoms with Crippen molar-refractivity contribution in [1.29, 1.82) is 0 Å². The molecule has 2 heteroatoms. The van der Waals surface area contributed by atoms with Crippen LogP contribution in [-0.2, 0) is 0 Å². The SMILES string of the molecule is Fc1ccccc1NC(c1ccccc1)c1ccccc1. The first-order valence-corrected chi connectivity index (χ1v) is 6.95. The Morgan fingerprint density at radius 2 is 1.10 bits per heavy atom. The highest BCUT2D eigenvalue weighted by atomic mass is 19.1. The smallest absolute Gasteiger partial charge is 0.146 e. The van der Waals surface area contributed by atoms with Crippen molar-refractivity contribution in [2.75, 3.05) is 5.32 Å². The van der Waals surface area contributed by atoms with Crippen LogP contribution >= 0.6 is 0 Å². The molecule has 0 atom stereocenters. The van der Waals surface area contributed by atoms with Crippen LogP contribution in [0.2, 0.25) is 0 Å². The van der Waals surface area contributed by atoms with Crippen LogP contribution in [0.1, 0.15) is 17.2 Å². The summed E-state index contributed by atoms with van der Waals surface area (Å²) in [5.74, 6) is -0.241. The van der Waals surface area contributed by atoms with Gasteiger partial charge in [-0.2, -0.15) is 0 Å². The summed E-state index contributed by atoms with van der Waals surface area (Å²) in [6, 6.07) is 26.8. The van der Waals surface area contributed by atoms with Gasteiger partial charge in [0.15, 0.2) is 0 Å². The van der Waals surface area contributed by atoms with Gasteiger partial charge in [0, 0.05) is 0 Å². The zero-order valence-electron chi connectivity index (χ0n) is 11.5. The van der Waals surface area contributed by atoms with Gasteiger partial charge < -0.3 is 5.32 Å². The van der Waals surface area contributed by atoms with Gasteiger partial charge >= 0.3 is 0 Å². The lowest BCUT2D eigenvalue weighted by Gasteiger charge is -2.21. The lowest BCUT2D eigenvalue weighted by atomic mass is 9.98. The predicted molar refractivity (Wildman–Crippen MR) is 84.7 cm³/mol. The fourth-order valence-electron chi connectivity index (χ4n) is 2.38. The molecule has 1 nitrogen and oxygen atoms in total. The molecule has 3 aromatic carbocycles. The van der Waals surface area contributed by atoms with Crippen molar-refractivity contribution in [3.63, 3.8) is 0 Å². The molecule has 0 aliphatic heterocycles. The van der Waals surface area contributed by atoms with Gasteiger partial charge in [-0.05, 0) is 23.3 Å². The van der Waals surface area contributed by atoms with E-state index in [4.69, 9.17) is 0 Å². The van der Waals surface area contributed by atoms with E-state index in [0.717, 1.165) is 11.1 Å². The third-order valence-corrected chi connectivity index (χ3v) is 3.44. The van der Waals surface area contributed by atoms with E-state index >= 15 is 0 Å². The second-order valence-electron chi connectivity index (χ2n) is 4.88. The van der Waals surface area contributed by atoms with Crippen LogP contribution in [0.25, 0.3) is 0 Å².